The molecule has 1 aliphatic carbocycles. The number of carbonyl (C=O) groups excluding carboxylic acids is 3. The number of ether oxygens (including phenoxy) is 2. The van der Waals surface area contributed by atoms with Crippen LogP contribution in [0.2, 0.25) is 0 Å². The number of benzene rings is 2. The molecule has 0 saturated carbocycles. The Kier molecular flexibility index (Phi) is 8.75. The summed E-state index contributed by atoms with van der Waals surface area (Å²) in [5.41, 5.74) is 3.06. The number of methoxy groups -OCH3 is 1. The summed E-state index contributed by atoms with van der Waals surface area (Å²) < 4.78 is 11.7. The summed E-state index contributed by atoms with van der Waals surface area (Å²) >= 11 is 0. The first kappa shape index (κ1) is 29.1. The van der Waals surface area contributed by atoms with Gasteiger partial charge in [0.2, 0.25) is 11.8 Å². The molecule has 0 radical (unpaired) electrons. The van der Waals surface area contributed by atoms with Crippen LogP contribution in [0.25, 0.3) is 10.9 Å². The Bertz CT molecular complexity index is 1510. The highest BCUT2D eigenvalue weighted by molar-refractivity contribution is 5.97. The Morgan fingerprint density at radius 1 is 1.21 bits per heavy atom. The maximum absolute atomic E-state index is 13.5. The summed E-state index contributed by atoms with van der Waals surface area (Å²) in [7, 11) is 1.45. The van der Waals surface area contributed by atoms with Crippen molar-refractivity contribution in [1.29, 1.82) is 0 Å². The number of aromatic nitrogens is 1. The third kappa shape index (κ3) is 5.55. The highest BCUT2D eigenvalue weighted by Gasteiger charge is 2.51. The zero-order valence-corrected chi connectivity index (χ0v) is 23.6. The molecule has 0 fully saturated rings. The molecule has 4 N–H and O–H groups in total. The van der Waals surface area contributed by atoms with Crippen LogP contribution in [0.1, 0.15) is 40.9 Å². The van der Waals surface area contributed by atoms with Crippen LogP contribution in [0.15, 0.2) is 66.3 Å². The van der Waals surface area contributed by atoms with E-state index >= 15 is 0 Å². The second-order valence-corrected chi connectivity index (χ2v) is 10.4. The Labute approximate surface area is 243 Å². The van der Waals surface area contributed by atoms with Crippen molar-refractivity contribution in [2.24, 2.45) is 0 Å². The normalized spacial score (nSPS) is 20.9. The maximum Gasteiger partial charge on any atom is 0.247 e. The lowest BCUT2D eigenvalue weighted by atomic mass is 9.77. The first-order chi connectivity index (χ1) is 20.4. The molecule has 10 heteroatoms. The molecule has 2 aliphatic rings. The van der Waals surface area contributed by atoms with E-state index in [1.807, 2.05) is 37.3 Å². The van der Waals surface area contributed by atoms with Gasteiger partial charge in [-0.15, -0.1) is 0 Å². The number of nitrogens with zero attached hydrogens (tertiary/aromatic N) is 1. The molecule has 2 heterocycles. The van der Waals surface area contributed by atoms with Gasteiger partial charge < -0.3 is 34.9 Å². The number of carbonyl (C=O) groups is 3. The number of rotatable bonds is 11. The van der Waals surface area contributed by atoms with Gasteiger partial charge in [-0.2, -0.15) is 0 Å². The van der Waals surface area contributed by atoms with Gasteiger partial charge in [-0.05, 0) is 48.2 Å². The lowest BCUT2D eigenvalue weighted by Crippen LogP contribution is -2.56. The summed E-state index contributed by atoms with van der Waals surface area (Å²) in [4.78, 5) is 43.6. The molecular weight excluding hydrogens is 538 g/mol. The third-order valence-electron chi connectivity index (χ3n) is 7.76. The zero-order chi connectivity index (χ0) is 29.8. The van der Waals surface area contributed by atoms with E-state index in [1.54, 1.807) is 23.1 Å². The van der Waals surface area contributed by atoms with Crippen LogP contribution >= 0.6 is 0 Å². The standard InChI is InChI=1S/C32H35N3O7/c1-3-4-9-27(38)35(12-10-21-16-20-7-5-6-8-24(20)34-21)25-17-23(32(40)33-11-13-36)28-22-14-19(18-37)15-26(41-2)30(22)42-31(28)29(25)39/h4-9,14-18,25,28-29,31,34,36,39H,3,10-13H2,1-2H3,(H,33,40)/t25-,28+,29+,31+/m1/s1. The Hall–Kier alpha value is -4.41. The van der Waals surface area contributed by atoms with Crippen LogP contribution in [-0.2, 0) is 16.0 Å². The van der Waals surface area contributed by atoms with E-state index in [4.69, 9.17) is 9.47 Å². The average Bonchev–Trinajstić information content (AvgIpc) is 3.61. The van der Waals surface area contributed by atoms with Gasteiger partial charge in [0.15, 0.2) is 11.5 Å². The number of hydrogen-bond acceptors (Lipinski definition) is 7. The maximum atomic E-state index is 13.5. The Morgan fingerprint density at radius 2 is 2.02 bits per heavy atom. The molecule has 2 aromatic carbocycles. The topological polar surface area (TPSA) is 141 Å². The predicted octanol–water partition coefficient (Wildman–Crippen LogP) is 2.65. The van der Waals surface area contributed by atoms with Crippen LogP contribution < -0.4 is 14.8 Å². The molecule has 0 saturated heterocycles. The van der Waals surface area contributed by atoms with Gasteiger partial charge in [0.05, 0.1) is 25.7 Å². The molecule has 220 valence electrons. The molecule has 2 amide bonds. The molecule has 5 rings (SSSR count). The monoisotopic (exact) mass is 573 g/mol. The van der Waals surface area contributed by atoms with Crippen molar-refractivity contribution in [1.82, 2.24) is 15.2 Å². The first-order valence-corrected chi connectivity index (χ1v) is 14.1. The van der Waals surface area contributed by atoms with E-state index in [2.05, 4.69) is 10.3 Å². The summed E-state index contributed by atoms with van der Waals surface area (Å²) in [6, 6.07) is 12.2. The number of allylic oxidation sites excluding steroid dienone is 1. The predicted molar refractivity (Wildman–Crippen MR) is 157 cm³/mol. The third-order valence-corrected chi connectivity index (χ3v) is 7.76. The number of aldehydes is 1. The Balaban J connectivity index is 1.55. The van der Waals surface area contributed by atoms with E-state index in [-0.39, 0.29) is 31.2 Å². The smallest absolute Gasteiger partial charge is 0.247 e. The number of aromatic amines is 1. The minimum Gasteiger partial charge on any atom is -0.493 e. The van der Waals surface area contributed by atoms with Crippen LogP contribution in [0.5, 0.6) is 11.5 Å². The van der Waals surface area contributed by atoms with Gasteiger partial charge in [-0.1, -0.05) is 31.2 Å². The molecule has 42 heavy (non-hydrogen) atoms. The van der Waals surface area contributed by atoms with Gasteiger partial charge in [-0.25, -0.2) is 0 Å². The molecule has 0 spiro atoms. The fraction of sp³-hybridized carbons (Fsp3) is 0.344. The number of para-hydroxylation sites is 1. The molecule has 10 nitrogen and oxygen atoms in total. The van der Waals surface area contributed by atoms with Crippen LogP contribution in [0, 0.1) is 0 Å². The average molecular weight is 574 g/mol. The van der Waals surface area contributed by atoms with Crippen LogP contribution in [-0.4, -0.2) is 83.3 Å². The SMILES string of the molecule is CCC=CC(=O)N(CCc1cc2ccccc2[nH]1)[C@@H]1C=C(C(=O)NCCO)[C@@H]2c3cc(C=O)cc(OC)c3O[C@@H]2[C@H]1O. The summed E-state index contributed by atoms with van der Waals surface area (Å²) in [6.07, 6.45) is 4.52. The van der Waals surface area contributed by atoms with Crippen molar-refractivity contribution in [2.45, 2.75) is 43.9 Å². The molecule has 0 bridgehead atoms. The second kappa shape index (κ2) is 12.6. The van der Waals surface area contributed by atoms with Crippen LogP contribution in [0.4, 0.5) is 0 Å². The molecule has 1 aromatic heterocycles. The minimum absolute atomic E-state index is 0.0223. The molecule has 0 unspecified atom stereocenters. The van der Waals surface area contributed by atoms with E-state index in [0.29, 0.717) is 41.8 Å². The molecule has 3 aromatic rings. The first-order valence-electron chi connectivity index (χ1n) is 14.1. The number of nitrogens with one attached hydrogen (secondary N) is 2. The number of hydrogen-bond donors (Lipinski definition) is 4. The lowest BCUT2D eigenvalue weighted by Gasteiger charge is -2.40. The molecule has 4 atom stereocenters. The number of fused-ring (bicyclic) bond motifs is 4. The van der Waals surface area contributed by atoms with Gasteiger partial charge in [0.1, 0.15) is 18.5 Å². The van der Waals surface area contributed by atoms with Crippen molar-refractivity contribution < 1.29 is 34.1 Å². The number of amides is 2. The van der Waals surface area contributed by atoms with Gasteiger partial charge >= 0.3 is 0 Å². The lowest BCUT2D eigenvalue weighted by molar-refractivity contribution is -0.132. The largest absolute Gasteiger partial charge is 0.493 e. The highest BCUT2D eigenvalue weighted by Crippen LogP contribution is 2.51. The highest BCUT2D eigenvalue weighted by atomic mass is 16.5. The summed E-state index contributed by atoms with van der Waals surface area (Å²) in [5, 5.41) is 24.9. The van der Waals surface area contributed by atoms with E-state index in [0.717, 1.165) is 16.6 Å². The Morgan fingerprint density at radius 3 is 2.74 bits per heavy atom. The molecular formula is C32H35N3O7. The number of H-pyrrole nitrogens is 1. The van der Waals surface area contributed by atoms with E-state index in [1.165, 1.54) is 19.3 Å². The van der Waals surface area contributed by atoms with Crippen molar-refractivity contribution in [3.8, 4) is 11.5 Å². The summed E-state index contributed by atoms with van der Waals surface area (Å²) in [6.45, 7) is 1.94. The van der Waals surface area contributed by atoms with Gasteiger partial charge in [0.25, 0.3) is 0 Å². The van der Waals surface area contributed by atoms with Crippen molar-refractivity contribution in [3.05, 3.63) is 83.1 Å². The zero-order valence-electron chi connectivity index (χ0n) is 23.6. The van der Waals surface area contributed by atoms with E-state index < -0.39 is 30.1 Å². The van der Waals surface area contributed by atoms with Crippen molar-refractivity contribution in [2.75, 3.05) is 26.8 Å². The fourth-order valence-corrected chi connectivity index (χ4v) is 5.79. The van der Waals surface area contributed by atoms with Crippen LogP contribution in [0.3, 0.4) is 0 Å². The minimum atomic E-state index is -1.21. The van der Waals surface area contributed by atoms with Gasteiger partial charge in [0, 0.05) is 47.4 Å². The molecule has 1 aliphatic heterocycles. The second-order valence-electron chi connectivity index (χ2n) is 10.4. The quantitative estimate of drug-likeness (QED) is 0.204. The van der Waals surface area contributed by atoms with Crippen molar-refractivity contribution in [3.63, 3.8) is 0 Å². The number of aliphatic hydroxyl groups excluding tert-OH is 2. The van der Waals surface area contributed by atoms with Crippen molar-refractivity contribution >= 4 is 29.0 Å². The van der Waals surface area contributed by atoms with Gasteiger partial charge in [-0.3, -0.25) is 14.4 Å². The summed E-state index contributed by atoms with van der Waals surface area (Å²) in [5.74, 6) is -0.857. The fourth-order valence-electron chi connectivity index (χ4n) is 5.79. The van der Waals surface area contributed by atoms with E-state index in [9.17, 15) is 24.6 Å². The number of aliphatic hydroxyl groups is 2.